The lowest BCUT2D eigenvalue weighted by molar-refractivity contribution is -0.111. The van der Waals surface area contributed by atoms with Crippen LogP contribution in [-0.4, -0.2) is 43.0 Å². The number of benzene rings is 1. The van der Waals surface area contributed by atoms with Gasteiger partial charge in [0, 0.05) is 30.4 Å². The number of hydrogen-bond acceptors (Lipinski definition) is 4. The molecule has 0 bridgehead atoms. The molecule has 1 aliphatic rings. The fourth-order valence-corrected chi connectivity index (χ4v) is 3.28. The van der Waals surface area contributed by atoms with Gasteiger partial charge in [-0.15, -0.1) is 0 Å². The van der Waals surface area contributed by atoms with E-state index < -0.39 is 0 Å². The predicted molar refractivity (Wildman–Crippen MR) is 99.9 cm³/mol. The van der Waals surface area contributed by atoms with E-state index in [-0.39, 0.29) is 11.8 Å². The molecule has 0 saturated carbocycles. The van der Waals surface area contributed by atoms with Crippen molar-refractivity contribution in [3.63, 3.8) is 0 Å². The molecule has 2 aromatic rings. The Morgan fingerprint density at radius 3 is 2.76 bits per heavy atom. The van der Waals surface area contributed by atoms with Crippen LogP contribution < -0.4 is 5.32 Å². The smallest absolute Gasteiger partial charge is 0.254 e. The average Bonchev–Trinajstić information content (AvgIpc) is 3.15. The molecule has 0 radical (unpaired) electrons. The first kappa shape index (κ1) is 17.4. The lowest BCUT2D eigenvalue weighted by atomic mass is 10.0. The minimum Gasteiger partial charge on any atom is -0.378 e. The third-order valence-electron chi connectivity index (χ3n) is 4.09. The van der Waals surface area contributed by atoms with Crippen LogP contribution in [0.4, 0.5) is 5.69 Å². The molecule has 1 N–H and O–H groups in total. The molecule has 2 amide bonds. The fourth-order valence-electron chi connectivity index (χ4n) is 2.66. The van der Waals surface area contributed by atoms with E-state index in [0.29, 0.717) is 37.6 Å². The van der Waals surface area contributed by atoms with E-state index in [1.54, 1.807) is 34.4 Å². The summed E-state index contributed by atoms with van der Waals surface area (Å²) in [4.78, 5) is 26.6. The van der Waals surface area contributed by atoms with Gasteiger partial charge < -0.3 is 15.0 Å². The summed E-state index contributed by atoms with van der Waals surface area (Å²) in [5.41, 5.74) is 3.03. The van der Waals surface area contributed by atoms with Crippen LogP contribution in [0.5, 0.6) is 0 Å². The molecule has 6 heteroatoms. The third-order valence-corrected chi connectivity index (χ3v) is 4.79. The largest absolute Gasteiger partial charge is 0.378 e. The fraction of sp³-hybridized carbons (Fsp3) is 0.263. The Morgan fingerprint density at radius 1 is 1.24 bits per heavy atom. The van der Waals surface area contributed by atoms with Crippen LogP contribution in [0.25, 0.3) is 6.08 Å². The van der Waals surface area contributed by atoms with Crippen LogP contribution in [0.2, 0.25) is 0 Å². The Balaban J connectivity index is 1.72. The number of carbonyl (C=O) groups is 2. The Morgan fingerprint density at radius 2 is 2.04 bits per heavy atom. The number of thiophene rings is 1. The molecule has 0 atom stereocenters. The second-order valence-electron chi connectivity index (χ2n) is 5.76. The summed E-state index contributed by atoms with van der Waals surface area (Å²) < 4.78 is 5.29. The second kappa shape index (κ2) is 8.09. The lowest BCUT2D eigenvalue weighted by Gasteiger charge is -2.27. The van der Waals surface area contributed by atoms with Crippen LogP contribution in [0.15, 0.2) is 41.1 Å². The number of amides is 2. The zero-order valence-electron chi connectivity index (χ0n) is 14.0. The Labute approximate surface area is 150 Å². The normalized spacial score (nSPS) is 14.7. The van der Waals surface area contributed by atoms with Gasteiger partial charge in [0.05, 0.1) is 13.2 Å². The summed E-state index contributed by atoms with van der Waals surface area (Å²) in [6.07, 6.45) is 3.27. The second-order valence-corrected chi connectivity index (χ2v) is 6.54. The number of ether oxygens (including phenoxy) is 1. The van der Waals surface area contributed by atoms with E-state index >= 15 is 0 Å². The topological polar surface area (TPSA) is 58.6 Å². The van der Waals surface area contributed by atoms with Crippen molar-refractivity contribution < 1.29 is 14.3 Å². The van der Waals surface area contributed by atoms with Crippen LogP contribution in [0, 0.1) is 6.92 Å². The van der Waals surface area contributed by atoms with Gasteiger partial charge in [-0.1, -0.05) is 6.07 Å². The summed E-state index contributed by atoms with van der Waals surface area (Å²) in [7, 11) is 0. The van der Waals surface area contributed by atoms with Crippen molar-refractivity contribution in [3.05, 3.63) is 57.8 Å². The molecule has 0 spiro atoms. The van der Waals surface area contributed by atoms with Crippen molar-refractivity contribution in [1.82, 2.24) is 4.90 Å². The highest BCUT2D eigenvalue weighted by Crippen LogP contribution is 2.21. The molecular weight excluding hydrogens is 336 g/mol. The molecule has 3 rings (SSSR count). The number of carbonyl (C=O) groups excluding carboxylic acids is 2. The molecule has 1 aromatic carbocycles. The van der Waals surface area contributed by atoms with E-state index in [1.807, 2.05) is 29.8 Å². The number of morpholine rings is 1. The summed E-state index contributed by atoms with van der Waals surface area (Å²) >= 11 is 1.58. The first-order chi connectivity index (χ1) is 12.1. The van der Waals surface area contributed by atoms with E-state index in [4.69, 9.17) is 4.74 Å². The number of nitrogens with zero attached hydrogens (tertiary/aromatic N) is 1. The van der Waals surface area contributed by atoms with E-state index in [2.05, 4.69) is 5.32 Å². The average molecular weight is 356 g/mol. The molecule has 2 heterocycles. The SMILES string of the molecule is Cc1c(NC(=O)/C=C/c2ccsc2)cccc1C(=O)N1CCOCC1. The van der Waals surface area contributed by atoms with Gasteiger partial charge in [0.25, 0.3) is 5.91 Å². The van der Waals surface area contributed by atoms with Gasteiger partial charge in [-0.05, 0) is 53.1 Å². The predicted octanol–water partition coefficient (Wildman–Crippen LogP) is 3.18. The number of anilines is 1. The Hall–Kier alpha value is -2.44. The van der Waals surface area contributed by atoms with Crippen molar-refractivity contribution in [1.29, 1.82) is 0 Å². The van der Waals surface area contributed by atoms with E-state index in [9.17, 15) is 9.59 Å². The lowest BCUT2D eigenvalue weighted by Crippen LogP contribution is -2.41. The summed E-state index contributed by atoms with van der Waals surface area (Å²) in [5, 5.41) is 6.78. The van der Waals surface area contributed by atoms with Gasteiger partial charge in [-0.25, -0.2) is 0 Å². The van der Waals surface area contributed by atoms with Crippen molar-refractivity contribution >= 4 is 34.9 Å². The van der Waals surface area contributed by atoms with Crippen molar-refractivity contribution in [2.45, 2.75) is 6.92 Å². The van der Waals surface area contributed by atoms with Crippen molar-refractivity contribution in [3.8, 4) is 0 Å². The van der Waals surface area contributed by atoms with Gasteiger partial charge in [0.15, 0.2) is 0 Å². The standard InChI is InChI=1S/C19H20N2O3S/c1-14-16(19(23)21-8-10-24-11-9-21)3-2-4-17(14)20-18(22)6-5-15-7-12-25-13-15/h2-7,12-13H,8-11H2,1H3,(H,20,22)/b6-5+. The Kier molecular flexibility index (Phi) is 5.63. The third kappa shape index (κ3) is 4.35. The molecule has 0 aliphatic carbocycles. The van der Waals surface area contributed by atoms with Crippen LogP contribution >= 0.6 is 11.3 Å². The minimum atomic E-state index is -0.217. The highest BCUT2D eigenvalue weighted by molar-refractivity contribution is 7.08. The van der Waals surface area contributed by atoms with Crippen molar-refractivity contribution in [2.75, 3.05) is 31.6 Å². The monoisotopic (exact) mass is 356 g/mol. The molecule has 1 saturated heterocycles. The van der Waals surface area contributed by atoms with E-state index in [0.717, 1.165) is 11.1 Å². The first-order valence-electron chi connectivity index (χ1n) is 8.13. The quantitative estimate of drug-likeness (QED) is 0.856. The molecule has 0 unspecified atom stereocenters. The highest BCUT2D eigenvalue weighted by atomic mass is 32.1. The number of hydrogen-bond donors (Lipinski definition) is 1. The van der Waals surface area contributed by atoms with Crippen molar-refractivity contribution in [2.24, 2.45) is 0 Å². The minimum absolute atomic E-state index is 0.0225. The molecular formula is C19H20N2O3S. The molecule has 25 heavy (non-hydrogen) atoms. The van der Waals surface area contributed by atoms with Crippen LogP contribution in [-0.2, 0) is 9.53 Å². The highest BCUT2D eigenvalue weighted by Gasteiger charge is 2.21. The number of nitrogens with one attached hydrogen (secondary N) is 1. The molecule has 5 nitrogen and oxygen atoms in total. The van der Waals surface area contributed by atoms with Gasteiger partial charge >= 0.3 is 0 Å². The van der Waals surface area contributed by atoms with Gasteiger partial charge in [-0.2, -0.15) is 11.3 Å². The van der Waals surface area contributed by atoms with Gasteiger partial charge in [0.2, 0.25) is 5.91 Å². The zero-order chi connectivity index (χ0) is 17.6. The maximum absolute atomic E-state index is 12.7. The van der Waals surface area contributed by atoms with E-state index in [1.165, 1.54) is 6.08 Å². The first-order valence-corrected chi connectivity index (χ1v) is 9.07. The Bertz CT molecular complexity index is 778. The molecule has 1 aromatic heterocycles. The molecule has 1 aliphatic heterocycles. The van der Waals surface area contributed by atoms with Crippen LogP contribution in [0.3, 0.4) is 0 Å². The van der Waals surface area contributed by atoms with Gasteiger partial charge in [-0.3, -0.25) is 9.59 Å². The zero-order valence-corrected chi connectivity index (χ0v) is 14.8. The van der Waals surface area contributed by atoms with Crippen LogP contribution in [0.1, 0.15) is 21.5 Å². The summed E-state index contributed by atoms with van der Waals surface area (Å²) in [6, 6.07) is 7.34. The maximum Gasteiger partial charge on any atom is 0.254 e. The summed E-state index contributed by atoms with van der Waals surface area (Å²) in [6.45, 7) is 4.17. The molecule has 1 fully saturated rings. The summed E-state index contributed by atoms with van der Waals surface area (Å²) in [5.74, 6) is -0.240. The number of rotatable bonds is 4. The van der Waals surface area contributed by atoms with Gasteiger partial charge in [0.1, 0.15) is 0 Å². The molecule has 130 valence electrons. The maximum atomic E-state index is 12.7.